The van der Waals surface area contributed by atoms with Crippen molar-refractivity contribution in [2.24, 2.45) is 5.41 Å². The van der Waals surface area contributed by atoms with Crippen LogP contribution in [0.5, 0.6) is 0 Å². The molecule has 0 aromatic heterocycles. The molecule has 2 aliphatic heterocycles. The molecule has 0 saturated carbocycles. The molecule has 134 valence electrons. The summed E-state index contributed by atoms with van der Waals surface area (Å²) in [6.07, 6.45) is 5.50. The van der Waals surface area contributed by atoms with Gasteiger partial charge in [0.25, 0.3) is 0 Å². The number of nitrogens with zero attached hydrogens (tertiary/aromatic N) is 1. The Hall–Kier alpha value is -0.950. The van der Waals surface area contributed by atoms with Gasteiger partial charge in [0, 0.05) is 38.2 Å². The fraction of sp³-hybridized carbons (Fsp3) is 0.667. The van der Waals surface area contributed by atoms with Crippen LogP contribution in [0.3, 0.4) is 0 Å². The summed E-state index contributed by atoms with van der Waals surface area (Å²) in [6.45, 7) is 4.44. The molecule has 2 heterocycles. The molecule has 2 atom stereocenters. The molecule has 0 spiro atoms. The van der Waals surface area contributed by atoms with Crippen LogP contribution in [0, 0.1) is 5.41 Å². The van der Waals surface area contributed by atoms with Crippen LogP contribution in [-0.4, -0.2) is 58.5 Å². The smallest absolute Gasteiger partial charge is 0.208 e. The molecular formula is C18H28N2O3S. The highest BCUT2D eigenvalue weighted by Crippen LogP contribution is 2.43. The number of rotatable bonds is 7. The Balaban J connectivity index is 1.57. The maximum Gasteiger partial charge on any atom is 0.208 e. The van der Waals surface area contributed by atoms with Crippen molar-refractivity contribution in [1.82, 2.24) is 9.62 Å². The van der Waals surface area contributed by atoms with E-state index in [2.05, 4.69) is 40.0 Å². The number of nitrogens with one attached hydrogen (secondary N) is 1. The summed E-state index contributed by atoms with van der Waals surface area (Å²) in [4.78, 5) is 2.53. The minimum absolute atomic E-state index is 0.104. The number of sulfonamides is 1. The average molecular weight is 353 g/mol. The quantitative estimate of drug-likeness (QED) is 0.811. The third-order valence-electron chi connectivity index (χ3n) is 5.39. The first-order chi connectivity index (χ1) is 11.5. The lowest BCUT2D eigenvalue weighted by Gasteiger charge is -2.44. The number of fused-ring (bicyclic) bond motifs is 1. The van der Waals surface area contributed by atoms with E-state index in [0.29, 0.717) is 6.54 Å². The van der Waals surface area contributed by atoms with Crippen molar-refractivity contribution in [3.8, 4) is 0 Å². The summed E-state index contributed by atoms with van der Waals surface area (Å²) in [6, 6.07) is 10.6. The Bertz CT molecular complexity index is 635. The predicted molar refractivity (Wildman–Crippen MR) is 95.5 cm³/mol. The van der Waals surface area contributed by atoms with E-state index < -0.39 is 10.0 Å². The van der Waals surface area contributed by atoms with Gasteiger partial charge in [-0.15, -0.1) is 0 Å². The van der Waals surface area contributed by atoms with Crippen LogP contribution in [0.2, 0.25) is 0 Å². The Labute approximate surface area is 145 Å². The number of piperidine rings is 1. The van der Waals surface area contributed by atoms with Crippen LogP contribution in [0.1, 0.15) is 24.8 Å². The van der Waals surface area contributed by atoms with Crippen molar-refractivity contribution in [3.05, 3.63) is 35.9 Å². The van der Waals surface area contributed by atoms with E-state index in [-0.39, 0.29) is 11.5 Å². The minimum Gasteiger partial charge on any atom is -0.378 e. The number of benzene rings is 1. The molecular weight excluding hydrogens is 324 g/mol. The van der Waals surface area contributed by atoms with Gasteiger partial charge in [-0.1, -0.05) is 30.3 Å². The van der Waals surface area contributed by atoms with Gasteiger partial charge in [-0.05, 0) is 31.2 Å². The van der Waals surface area contributed by atoms with Crippen molar-refractivity contribution in [3.63, 3.8) is 0 Å². The summed E-state index contributed by atoms with van der Waals surface area (Å²) < 4.78 is 31.3. The van der Waals surface area contributed by atoms with E-state index in [9.17, 15) is 8.42 Å². The van der Waals surface area contributed by atoms with Crippen LogP contribution in [0.15, 0.2) is 30.3 Å². The maximum absolute atomic E-state index is 11.3. The second kappa shape index (κ2) is 7.52. The molecule has 1 N–H and O–H groups in total. The SMILES string of the molecule is CS(=O)(=O)NCC[C@]12CCO[C@H]1CCN(CCc1ccccc1)C2. The zero-order chi connectivity index (χ0) is 17.0. The van der Waals surface area contributed by atoms with Gasteiger partial charge in [0.15, 0.2) is 0 Å². The summed E-state index contributed by atoms with van der Waals surface area (Å²) in [7, 11) is -3.12. The van der Waals surface area contributed by atoms with Gasteiger partial charge < -0.3 is 9.64 Å². The highest BCUT2D eigenvalue weighted by Gasteiger charge is 2.47. The lowest BCUT2D eigenvalue weighted by atomic mass is 9.74. The molecule has 6 heteroatoms. The van der Waals surface area contributed by atoms with E-state index in [0.717, 1.165) is 51.9 Å². The molecule has 1 aromatic carbocycles. The van der Waals surface area contributed by atoms with E-state index in [4.69, 9.17) is 4.74 Å². The molecule has 0 aliphatic carbocycles. The molecule has 3 rings (SSSR count). The van der Waals surface area contributed by atoms with E-state index >= 15 is 0 Å². The van der Waals surface area contributed by atoms with Crippen LogP contribution in [0.4, 0.5) is 0 Å². The second-order valence-electron chi connectivity index (χ2n) is 7.19. The minimum atomic E-state index is -3.12. The average Bonchev–Trinajstić information content (AvgIpc) is 2.95. The van der Waals surface area contributed by atoms with Gasteiger partial charge in [0.05, 0.1) is 12.4 Å². The molecule has 5 nitrogen and oxygen atoms in total. The standard InChI is InChI=1S/C18H28N2O3S/c1-24(21,22)19-11-9-18-10-14-23-17(18)8-13-20(15-18)12-7-16-5-3-2-4-6-16/h2-6,17,19H,7-15H2,1H3/t17-,18+/m0/s1. The Morgan fingerprint density at radius 2 is 2.12 bits per heavy atom. The summed E-state index contributed by atoms with van der Waals surface area (Å²) in [5.74, 6) is 0. The second-order valence-corrected chi connectivity index (χ2v) is 9.02. The monoisotopic (exact) mass is 352 g/mol. The van der Waals surface area contributed by atoms with Crippen molar-refractivity contribution in [2.75, 3.05) is 39.0 Å². The molecule has 1 aromatic rings. The summed E-state index contributed by atoms with van der Waals surface area (Å²) in [5.41, 5.74) is 1.47. The molecule has 2 aliphatic rings. The Kier molecular flexibility index (Phi) is 5.59. The molecule has 2 saturated heterocycles. The van der Waals surface area contributed by atoms with Gasteiger partial charge >= 0.3 is 0 Å². The maximum atomic E-state index is 11.3. The molecule has 2 fully saturated rings. The van der Waals surface area contributed by atoms with Gasteiger partial charge in [-0.25, -0.2) is 13.1 Å². The third-order valence-corrected chi connectivity index (χ3v) is 6.12. The number of likely N-dealkylation sites (tertiary alicyclic amines) is 1. The van der Waals surface area contributed by atoms with Gasteiger partial charge in [-0.3, -0.25) is 0 Å². The summed E-state index contributed by atoms with van der Waals surface area (Å²) in [5, 5.41) is 0. The lowest BCUT2D eigenvalue weighted by molar-refractivity contribution is -0.0208. The van der Waals surface area contributed by atoms with Crippen molar-refractivity contribution in [1.29, 1.82) is 0 Å². The highest BCUT2D eigenvalue weighted by atomic mass is 32.2. The molecule has 24 heavy (non-hydrogen) atoms. The highest BCUT2D eigenvalue weighted by molar-refractivity contribution is 7.88. The molecule has 0 unspecified atom stereocenters. The molecule has 0 bridgehead atoms. The fourth-order valence-corrected chi connectivity index (χ4v) is 4.58. The Morgan fingerprint density at radius 3 is 2.88 bits per heavy atom. The Morgan fingerprint density at radius 1 is 1.33 bits per heavy atom. The number of ether oxygens (including phenoxy) is 1. The van der Waals surface area contributed by atoms with Gasteiger partial charge in [0.1, 0.15) is 0 Å². The summed E-state index contributed by atoms with van der Waals surface area (Å²) >= 11 is 0. The molecule has 0 amide bonds. The van der Waals surface area contributed by atoms with E-state index in [1.807, 2.05) is 0 Å². The first-order valence-corrected chi connectivity index (χ1v) is 10.7. The van der Waals surface area contributed by atoms with E-state index in [1.165, 1.54) is 11.8 Å². The van der Waals surface area contributed by atoms with Crippen molar-refractivity contribution >= 4 is 10.0 Å². The fourth-order valence-electron chi connectivity index (χ4n) is 4.11. The largest absolute Gasteiger partial charge is 0.378 e. The van der Waals surface area contributed by atoms with Gasteiger partial charge in [-0.2, -0.15) is 0 Å². The number of hydrogen-bond donors (Lipinski definition) is 1. The van der Waals surface area contributed by atoms with Crippen LogP contribution in [0.25, 0.3) is 0 Å². The lowest BCUT2D eigenvalue weighted by Crippen LogP contribution is -2.51. The van der Waals surface area contributed by atoms with Crippen LogP contribution < -0.4 is 4.72 Å². The first-order valence-electron chi connectivity index (χ1n) is 8.79. The van der Waals surface area contributed by atoms with Crippen molar-refractivity contribution < 1.29 is 13.2 Å². The predicted octanol–water partition coefficient (Wildman–Crippen LogP) is 1.65. The van der Waals surface area contributed by atoms with Gasteiger partial charge in [0.2, 0.25) is 10.0 Å². The zero-order valence-electron chi connectivity index (χ0n) is 14.4. The third kappa shape index (κ3) is 4.57. The number of hydrogen-bond acceptors (Lipinski definition) is 4. The topological polar surface area (TPSA) is 58.6 Å². The molecule has 0 radical (unpaired) electrons. The first kappa shape index (κ1) is 17.9. The zero-order valence-corrected chi connectivity index (χ0v) is 15.2. The van der Waals surface area contributed by atoms with Crippen molar-refractivity contribution in [2.45, 2.75) is 31.8 Å². The normalized spacial score (nSPS) is 28.0. The van der Waals surface area contributed by atoms with E-state index in [1.54, 1.807) is 0 Å². The van der Waals surface area contributed by atoms with Crippen LogP contribution in [-0.2, 0) is 21.2 Å². The van der Waals surface area contributed by atoms with Crippen LogP contribution >= 0.6 is 0 Å².